The number of aliphatic hydroxyl groups is 1. The van der Waals surface area contributed by atoms with Crippen LogP contribution in [-0.2, 0) is 4.74 Å². The molecular weight excluding hydrogens is 200 g/mol. The van der Waals surface area contributed by atoms with Crippen LogP contribution >= 0.6 is 0 Å². The summed E-state index contributed by atoms with van der Waals surface area (Å²) in [6.45, 7) is 9.56. The summed E-state index contributed by atoms with van der Waals surface area (Å²) < 4.78 is 5.52. The third kappa shape index (κ3) is 5.31. The molecule has 0 saturated heterocycles. The predicted molar refractivity (Wildman–Crippen MR) is 67.5 cm³/mol. The first-order chi connectivity index (χ1) is 7.40. The SMILES string of the molecule is CCOC1CC(CC(O)CCC(C)(C)C)C1. The third-order valence-electron chi connectivity index (χ3n) is 3.43. The molecule has 0 aromatic heterocycles. The number of ether oxygens (including phenoxy) is 1. The molecule has 1 unspecified atom stereocenters. The molecule has 0 aromatic carbocycles. The predicted octanol–water partition coefficient (Wildman–Crippen LogP) is 3.38. The molecule has 1 aliphatic carbocycles. The van der Waals surface area contributed by atoms with E-state index in [9.17, 15) is 5.11 Å². The molecule has 0 bridgehead atoms. The molecule has 0 heterocycles. The van der Waals surface area contributed by atoms with E-state index >= 15 is 0 Å². The molecule has 0 radical (unpaired) electrons. The Hall–Kier alpha value is -0.0800. The van der Waals surface area contributed by atoms with Gasteiger partial charge in [0.2, 0.25) is 0 Å². The molecular formula is C14H28O2. The largest absolute Gasteiger partial charge is 0.393 e. The van der Waals surface area contributed by atoms with Gasteiger partial charge >= 0.3 is 0 Å². The van der Waals surface area contributed by atoms with Crippen molar-refractivity contribution in [3.63, 3.8) is 0 Å². The molecule has 0 aromatic rings. The van der Waals surface area contributed by atoms with Crippen LogP contribution in [0.2, 0.25) is 0 Å². The maximum Gasteiger partial charge on any atom is 0.0580 e. The van der Waals surface area contributed by atoms with E-state index < -0.39 is 0 Å². The van der Waals surface area contributed by atoms with Gasteiger partial charge in [-0.3, -0.25) is 0 Å². The number of rotatable bonds is 6. The summed E-state index contributed by atoms with van der Waals surface area (Å²) in [5.74, 6) is 0.700. The van der Waals surface area contributed by atoms with Crippen molar-refractivity contribution in [2.75, 3.05) is 6.61 Å². The maximum absolute atomic E-state index is 9.92. The quantitative estimate of drug-likeness (QED) is 0.755. The fourth-order valence-electron chi connectivity index (χ4n) is 2.34. The van der Waals surface area contributed by atoms with Gasteiger partial charge in [-0.1, -0.05) is 20.8 Å². The van der Waals surface area contributed by atoms with Crippen molar-refractivity contribution in [1.29, 1.82) is 0 Å². The van der Waals surface area contributed by atoms with Crippen molar-refractivity contribution in [2.45, 2.75) is 72.0 Å². The van der Waals surface area contributed by atoms with E-state index in [4.69, 9.17) is 4.74 Å². The molecule has 0 aliphatic heterocycles. The lowest BCUT2D eigenvalue weighted by Crippen LogP contribution is -2.33. The zero-order chi connectivity index (χ0) is 12.2. The van der Waals surface area contributed by atoms with Gasteiger partial charge in [0.25, 0.3) is 0 Å². The summed E-state index contributed by atoms with van der Waals surface area (Å²) in [5, 5.41) is 9.92. The fraction of sp³-hybridized carbons (Fsp3) is 1.00. The zero-order valence-corrected chi connectivity index (χ0v) is 11.3. The van der Waals surface area contributed by atoms with Crippen LogP contribution in [0, 0.1) is 11.3 Å². The van der Waals surface area contributed by atoms with Gasteiger partial charge in [-0.25, -0.2) is 0 Å². The highest BCUT2D eigenvalue weighted by Crippen LogP contribution is 2.34. The first-order valence-electron chi connectivity index (χ1n) is 6.70. The van der Waals surface area contributed by atoms with E-state index in [2.05, 4.69) is 20.8 Å². The van der Waals surface area contributed by atoms with Gasteiger partial charge in [0.1, 0.15) is 0 Å². The van der Waals surface area contributed by atoms with E-state index in [0.717, 1.165) is 38.7 Å². The molecule has 1 saturated carbocycles. The molecule has 1 atom stereocenters. The average Bonchev–Trinajstić information content (AvgIpc) is 2.10. The van der Waals surface area contributed by atoms with E-state index in [1.54, 1.807) is 0 Å². The van der Waals surface area contributed by atoms with Gasteiger partial charge < -0.3 is 9.84 Å². The first-order valence-corrected chi connectivity index (χ1v) is 6.70. The van der Waals surface area contributed by atoms with Gasteiger partial charge in [0.05, 0.1) is 12.2 Å². The van der Waals surface area contributed by atoms with Crippen LogP contribution in [0.25, 0.3) is 0 Å². The van der Waals surface area contributed by atoms with Crippen LogP contribution in [-0.4, -0.2) is 23.9 Å². The molecule has 1 N–H and O–H groups in total. The summed E-state index contributed by atoms with van der Waals surface area (Å²) in [6.07, 6.45) is 5.70. The molecule has 1 aliphatic rings. The van der Waals surface area contributed by atoms with Crippen molar-refractivity contribution >= 4 is 0 Å². The molecule has 1 rings (SSSR count). The van der Waals surface area contributed by atoms with Crippen molar-refractivity contribution in [2.24, 2.45) is 11.3 Å². The Kier molecular flexibility index (Phi) is 5.26. The minimum absolute atomic E-state index is 0.105. The Bertz CT molecular complexity index is 189. The second kappa shape index (κ2) is 6.02. The van der Waals surface area contributed by atoms with Crippen LogP contribution in [0.15, 0.2) is 0 Å². The van der Waals surface area contributed by atoms with Crippen LogP contribution in [0.4, 0.5) is 0 Å². The molecule has 2 heteroatoms. The normalized spacial score (nSPS) is 27.6. The highest BCUT2D eigenvalue weighted by Gasteiger charge is 2.31. The lowest BCUT2D eigenvalue weighted by atomic mass is 9.77. The zero-order valence-electron chi connectivity index (χ0n) is 11.3. The number of hydrogen-bond acceptors (Lipinski definition) is 2. The number of aliphatic hydroxyl groups excluding tert-OH is 1. The average molecular weight is 228 g/mol. The topological polar surface area (TPSA) is 29.5 Å². The van der Waals surface area contributed by atoms with Crippen molar-refractivity contribution in [3.8, 4) is 0 Å². The van der Waals surface area contributed by atoms with Crippen LogP contribution in [0.1, 0.15) is 59.8 Å². The van der Waals surface area contributed by atoms with Crippen molar-refractivity contribution in [3.05, 3.63) is 0 Å². The second-order valence-electron chi connectivity index (χ2n) is 6.40. The van der Waals surface area contributed by atoms with Crippen molar-refractivity contribution in [1.82, 2.24) is 0 Å². The van der Waals surface area contributed by atoms with Crippen LogP contribution in [0.3, 0.4) is 0 Å². The molecule has 16 heavy (non-hydrogen) atoms. The van der Waals surface area contributed by atoms with Crippen LogP contribution < -0.4 is 0 Å². The van der Waals surface area contributed by atoms with E-state index in [1.165, 1.54) is 0 Å². The van der Waals surface area contributed by atoms with E-state index in [1.807, 2.05) is 6.92 Å². The van der Waals surface area contributed by atoms with Gasteiger partial charge in [-0.2, -0.15) is 0 Å². The van der Waals surface area contributed by atoms with Gasteiger partial charge in [-0.15, -0.1) is 0 Å². The summed E-state index contributed by atoms with van der Waals surface area (Å²) >= 11 is 0. The monoisotopic (exact) mass is 228 g/mol. The molecule has 1 fully saturated rings. The summed E-state index contributed by atoms with van der Waals surface area (Å²) in [5.41, 5.74) is 0.342. The molecule has 96 valence electrons. The lowest BCUT2D eigenvalue weighted by Gasteiger charge is -2.36. The third-order valence-corrected chi connectivity index (χ3v) is 3.43. The van der Waals surface area contributed by atoms with E-state index in [-0.39, 0.29) is 6.10 Å². The molecule has 0 amide bonds. The maximum atomic E-state index is 9.92. The van der Waals surface area contributed by atoms with Crippen molar-refractivity contribution < 1.29 is 9.84 Å². The Morgan fingerprint density at radius 1 is 1.31 bits per heavy atom. The molecule has 2 nitrogen and oxygen atoms in total. The number of hydrogen-bond donors (Lipinski definition) is 1. The van der Waals surface area contributed by atoms with E-state index in [0.29, 0.717) is 17.4 Å². The fourth-order valence-corrected chi connectivity index (χ4v) is 2.34. The van der Waals surface area contributed by atoms with Gasteiger partial charge in [0.15, 0.2) is 0 Å². The minimum atomic E-state index is -0.105. The summed E-state index contributed by atoms with van der Waals surface area (Å²) in [4.78, 5) is 0. The minimum Gasteiger partial charge on any atom is -0.393 e. The standard InChI is InChI=1S/C14H28O2/c1-5-16-13-9-11(10-13)8-12(15)6-7-14(2,3)4/h11-13,15H,5-10H2,1-4H3. The summed E-state index contributed by atoms with van der Waals surface area (Å²) in [7, 11) is 0. The highest BCUT2D eigenvalue weighted by atomic mass is 16.5. The molecule has 0 spiro atoms. The smallest absolute Gasteiger partial charge is 0.0580 e. The second-order valence-corrected chi connectivity index (χ2v) is 6.40. The Labute approximate surface area is 100 Å². The highest BCUT2D eigenvalue weighted by molar-refractivity contribution is 4.82. The lowest BCUT2D eigenvalue weighted by molar-refractivity contribution is -0.0390. The Balaban J connectivity index is 2.06. The Morgan fingerprint density at radius 3 is 2.44 bits per heavy atom. The van der Waals surface area contributed by atoms with Gasteiger partial charge in [-0.05, 0) is 50.4 Å². The summed E-state index contributed by atoms with van der Waals surface area (Å²) in [6, 6.07) is 0. The van der Waals surface area contributed by atoms with Crippen LogP contribution in [0.5, 0.6) is 0 Å². The van der Waals surface area contributed by atoms with Gasteiger partial charge in [0, 0.05) is 6.61 Å². The Morgan fingerprint density at radius 2 is 1.94 bits per heavy atom. The first kappa shape index (κ1) is 14.0.